The van der Waals surface area contributed by atoms with Crippen LogP contribution in [0.1, 0.15) is 31.0 Å². The van der Waals surface area contributed by atoms with E-state index in [2.05, 4.69) is 49.9 Å². The van der Waals surface area contributed by atoms with E-state index < -0.39 is 0 Å². The number of hydrogen-bond donors (Lipinski definition) is 1. The topological polar surface area (TPSA) is 29.3 Å². The van der Waals surface area contributed by atoms with Gasteiger partial charge in [0.2, 0.25) is 0 Å². The van der Waals surface area contributed by atoms with Crippen molar-refractivity contribution in [3.63, 3.8) is 0 Å². The summed E-state index contributed by atoms with van der Waals surface area (Å²) >= 11 is 0. The molecule has 15 heavy (non-hydrogen) atoms. The van der Waals surface area contributed by atoms with E-state index in [1.807, 2.05) is 0 Å². The maximum atomic E-state index is 5.85. The molecule has 1 atom stereocenters. The van der Waals surface area contributed by atoms with E-state index in [9.17, 15) is 0 Å². The van der Waals surface area contributed by atoms with Gasteiger partial charge in [-0.05, 0) is 25.6 Å². The molecule has 0 bridgehead atoms. The van der Waals surface area contributed by atoms with Crippen LogP contribution >= 0.6 is 0 Å². The zero-order valence-electron chi connectivity index (χ0n) is 10.0. The summed E-state index contributed by atoms with van der Waals surface area (Å²) in [7, 11) is 0. The van der Waals surface area contributed by atoms with Crippen molar-refractivity contribution in [2.45, 2.75) is 26.8 Å². The molecule has 0 aliphatic carbocycles. The van der Waals surface area contributed by atoms with Gasteiger partial charge in [0.05, 0.1) is 0 Å². The van der Waals surface area contributed by atoms with E-state index in [0.717, 1.165) is 13.1 Å². The Hall–Kier alpha value is -0.860. The molecule has 0 amide bonds. The van der Waals surface area contributed by atoms with Crippen LogP contribution in [-0.2, 0) is 0 Å². The fourth-order valence-corrected chi connectivity index (χ4v) is 1.95. The van der Waals surface area contributed by atoms with Gasteiger partial charge in [-0.1, -0.05) is 43.7 Å². The Morgan fingerprint density at radius 3 is 2.07 bits per heavy atom. The zero-order chi connectivity index (χ0) is 11.3. The molecule has 2 heteroatoms. The lowest BCUT2D eigenvalue weighted by Gasteiger charge is -2.29. The second kappa shape index (κ2) is 5.89. The molecule has 1 aromatic carbocycles. The van der Waals surface area contributed by atoms with Crippen molar-refractivity contribution in [2.24, 2.45) is 5.73 Å². The lowest BCUT2D eigenvalue weighted by molar-refractivity contribution is 0.224. The van der Waals surface area contributed by atoms with Crippen LogP contribution in [-0.4, -0.2) is 24.5 Å². The van der Waals surface area contributed by atoms with E-state index in [1.165, 1.54) is 11.1 Å². The van der Waals surface area contributed by atoms with Gasteiger partial charge in [0.25, 0.3) is 0 Å². The SMILES string of the molecule is CCN(CC)C(CN)c1ccc(C)cc1. The predicted octanol–water partition coefficient (Wildman–Crippen LogP) is 2.34. The number of aryl methyl sites for hydroxylation is 1. The second-order valence-electron chi connectivity index (χ2n) is 3.88. The molecule has 0 fully saturated rings. The average Bonchev–Trinajstić information content (AvgIpc) is 2.27. The van der Waals surface area contributed by atoms with Gasteiger partial charge in [0.1, 0.15) is 0 Å². The Morgan fingerprint density at radius 2 is 1.67 bits per heavy atom. The third kappa shape index (κ3) is 3.05. The first kappa shape index (κ1) is 12.2. The van der Waals surface area contributed by atoms with E-state index in [1.54, 1.807) is 0 Å². The molecule has 0 aliphatic rings. The summed E-state index contributed by atoms with van der Waals surface area (Å²) in [4.78, 5) is 2.39. The van der Waals surface area contributed by atoms with Gasteiger partial charge >= 0.3 is 0 Å². The van der Waals surface area contributed by atoms with Crippen LogP contribution in [0.5, 0.6) is 0 Å². The van der Waals surface area contributed by atoms with Crippen LogP contribution in [0.2, 0.25) is 0 Å². The van der Waals surface area contributed by atoms with Crippen molar-refractivity contribution in [1.29, 1.82) is 0 Å². The maximum absolute atomic E-state index is 5.85. The fraction of sp³-hybridized carbons (Fsp3) is 0.538. The minimum atomic E-state index is 0.362. The highest BCUT2D eigenvalue weighted by Gasteiger charge is 2.15. The maximum Gasteiger partial charge on any atom is 0.0470 e. The quantitative estimate of drug-likeness (QED) is 0.801. The van der Waals surface area contributed by atoms with Crippen molar-refractivity contribution in [1.82, 2.24) is 4.90 Å². The predicted molar refractivity (Wildman–Crippen MR) is 65.9 cm³/mol. The summed E-state index contributed by atoms with van der Waals surface area (Å²) < 4.78 is 0. The summed E-state index contributed by atoms with van der Waals surface area (Å²) in [5, 5.41) is 0. The Labute approximate surface area is 93.1 Å². The van der Waals surface area contributed by atoms with Crippen LogP contribution in [0.15, 0.2) is 24.3 Å². The highest BCUT2D eigenvalue weighted by molar-refractivity contribution is 5.24. The molecule has 1 aromatic rings. The largest absolute Gasteiger partial charge is 0.329 e. The third-order valence-corrected chi connectivity index (χ3v) is 2.94. The number of likely N-dealkylation sites (N-methyl/N-ethyl adjacent to an activating group) is 1. The van der Waals surface area contributed by atoms with Crippen LogP contribution < -0.4 is 5.73 Å². The zero-order valence-corrected chi connectivity index (χ0v) is 10.0. The first-order chi connectivity index (χ1) is 7.22. The molecule has 0 radical (unpaired) electrons. The first-order valence-corrected chi connectivity index (χ1v) is 5.73. The minimum absolute atomic E-state index is 0.362. The van der Waals surface area contributed by atoms with Crippen molar-refractivity contribution < 1.29 is 0 Å². The van der Waals surface area contributed by atoms with Crippen LogP contribution in [0.4, 0.5) is 0 Å². The lowest BCUT2D eigenvalue weighted by atomic mass is 10.0. The van der Waals surface area contributed by atoms with Crippen LogP contribution in [0.3, 0.4) is 0 Å². The third-order valence-electron chi connectivity index (χ3n) is 2.94. The van der Waals surface area contributed by atoms with Crippen LogP contribution in [0, 0.1) is 6.92 Å². The average molecular weight is 206 g/mol. The number of rotatable bonds is 5. The number of hydrogen-bond acceptors (Lipinski definition) is 2. The highest BCUT2D eigenvalue weighted by Crippen LogP contribution is 2.19. The molecule has 0 heterocycles. The summed E-state index contributed by atoms with van der Waals surface area (Å²) in [6.07, 6.45) is 0. The molecule has 1 unspecified atom stereocenters. The lowest BCUT2D eigenvalue weighted by Crippen LogP contribution is -2.33. The highest BCUT2D eigenvalue weighted by atomic mass is 15.2. The summed E-state index contributed by atoms with van der Waals surface area (Å²) in [6, 6.07) is 9.04. The van der Waals surface area contributed by atoms with Gasteiger partial charge in [0, 0.05) is 12.6 Å². The van der Waals surface area contributed by atoms with E-state index >= 15 is 0 Å². The molecule has 0 aromatic heterocycles. The van der Waals surface area contributed by atoms with E-state index in [-0.39, 0.29) is 0 Å². The minimum Gasteiger partial charge on any atom is -0.329 e. The van der Waals surface area contributed by atoms with Gasteiger partial charge in [0.15, 0.2) is 0 Å². The summed E-state index contributed by atoms with van der Waals surface area (Å²) in [6.45, 7) is 9.25. The molecule has 0 spiro atoms. The Bertz CT molecular complexity index is 275. The molecule has 2 nitrogen and oxygen atoms in total. The van der Waals surface area contributed by atoms with Gasteiger partial charge < -0.3 is 5.73 Å². The van der Waals surface area contributed by atoms with Gasteiger partial charge in [-0.25, -0.2) is 0 Å². The molecule has 84 valence electrons. The smallest absolute Gasteiger partial charge is 0.0470 e. The van der Waals surface area contributed by atoms with E-state index in [4.69, 9.17) is 5.73 Å². The van der Waals surface area contributed by atoms with Gasteiger partial charge in [-0.2, -0.15) is 0 Å². The Kier molecular flexibility index (Phi) is 4.79. The van der Waals surface area contributed by atoms with Crippen molar-refractivity contribution in [2.75, 3.05) is 19.6 Å². The normalized spacial score (nSPS) is 13.1. The summed E-state index contributed by atoms with van der Waals surface area (Å²) in [5.41, 5.74) is 8.48. The molecule has 2 N–H and O–H groups in total. The monoisotopic (exact) mass is 206 g/mol. The Balaban J connectivity index is 2.86. The fourth-order valence-electron chi connectivity index (χ4n) is 1.95. The number of nitrogens with two attached hydrogens (primary N) is 1. The molecular formula is C13H22N2. The first-order valence-electron chi connectivity index (χ1n) is 5.73. The standard InChI is InChI=1S/C13H22N2/c1-4-15(5-2)13(10-14)12-8-6-11(3)7-9-12/h6-9,13H,4-5,10,14H2,1-3H3. The van der Waals surface area contributed by atoms with Gasteiger partial charge in [-0.15, -0.1) is 0 Å². The molecule has 0 aliphatic heterocycles. The number of benzene rings is 1. The van der Waals surface area contributed by atoms with E-state index in [0.29, 0.717) is 12.6 Å². The molecule has 1 rings (SSSR count). The molecule has 0 saturated heterocycles. The molecular weight excluding hydrogens is 184 g/mol. The Morgan fingerprint density at radius 1 is 1.13 bits per heavy atom. The van der Waals surface area contributed by atoms with Crippen LogP contribution in [0.25, 0.3) is 0 Å². The summed E-state index contributed by atoms with van der Waals surface area (Å²) in [5.74, 6) is 0. The van der Waals surface area contributed by atoms with Crippen molar-refractivity contribution >= 4 is 0 Å². The van der Waals surface area contributed by atoms with Crippen molar-refractivity contribution in [3.8, 4) is 0 Å². The van der Waals surface area contributed by atoms with Gasteiger partial charge in [-0.3, -0.25) is 4.90 Å². The second-order valence-corrected chi connectivity index (χ2v) is 3.88. The number of nitrogens with zero attached hydrogens (tertiary/aromatic N) is 1. The molecule has 0 saturated carbocycles. The van der Waals surface area contributed by atoms with Crippen molar-refractivity contribution in [3.05, 3.63) is 35.4 Å².